The lowest BCUT2D eigenvalue weighted by Gasteiger charge is -2.31. The normalized spacial score (nSPS) is 15.1. The number of benzene rings is 1. The van der Waals surface area contributed by atoms with Crippen LogP contribution in [0.3, 0.4) is 0 Å². The predicted molar refractivity (Wildman–Crippen MR) is 138 cm³/mol. The largest absolute Gasteiger partial charge is 0.369 e. The van der Waals surface area contributed by atoms with Crippen molar-refractivity contribution in [3.05, 3.63) is 65.0 Å². The summed E-state index contributed by atoms with van der Waals surface area (Å²) in [7, 11) is 2.02. The molecule has 1 saturated heterocycles. The van der Waals surface area contributed by atoms with Crippen LogP contribution in [-0.2, 0) is 11.2 Å². The number of aromatic nitrogens is 3. The molecule has 35 heavy (non-hydrogen) atoms. The fourth-order valence-electron chi connectivity index (χ4n) is 4.84. The number of carbonyl (C=O) groups excluding carboxylic acids is 1. The van der Waals surface area contributed by atoms with Gasteiger partial charge in [0.1, 0.15) is 17.3 Å². The van der Waals surface area contributed by atoms with Crippen LogP contribution in [0.1, 0.15) is 36.9 Å². The number of anilines is 2. The topological polar surface area (TPSA) is 79.8 Å². The highest BCUT2D eigenvalue weighted by atomic mass is 32.1. The first-order valence-corrected chi connectivity index (χ1v) is 12.8. The lowest BCUT2D eigenvalue weighted by atomic mass is 9.90. The smallest absolute Gasteiger partial charge is 0.231 e. The minimum absolute atomic E-state index is 0.256. The highest BCUT2D eigenvalue weighted by Crippen LogP contribution is 2.35. The summed E-state index contributed by atoms with van der Waals surface area (Å²) in [5.41, 5.74) is 10.3. The van der Waals surface area contributed by atoms with E-state index in [0.29, 0.717) is 12.5 Å². The molecule has 3 aromatic heterocycles. The molecule has 0 saturated carbocycles. The molecule has 0 aliphatic carbocycles. The summed E-state index contributed by atoms with van der Waals surface area (Å²) in [5, 5.41) is 2.85. The van der Waals surface area contributed by atoms with E-state index < -0.39 is 0 Å². The van der Waals surface area contributed by atoms with Gasteiger partial charge in [-0.3, -0.25) is 14.1 Å². The average molecular weight is 493 g/mol. The number of rotatable bonds is 7. The van der Waals surface area contributed by atoms with Crippen molar-refractivity contribution in [2.75, 3.05) is 31.6 Å². The van der Waals surface area contributed by atoms with Crippen molar-refractivity contribution in [3.8, 4) is 11.3 Å². The number of carbonyl (C=O) groups is 1. The minimum atomic E-state index is -0.271. The molecule has 0 radical (unpaired) electrons. The molecule has 0 atom stereocenters. The number of primary amides is 1. The number of piperidine rings is 1. The molecule has 1 aromatic carbocycles. The number of amides is 1. The molecule has 0 spiro atoms. The van der Waals surface area contributed by atoms with E-state index in [1.165, 1.54) is 17.7 Å². The molecule has 0 bridgehead atoms. The highest BCUT2D eigenvalue weighted by Gasteiger charge is 2.24. The van der Waals surface area contributed by atoms with E-state index in [4.69, 9.17) is 15.7 Å². The van der Waals surface area contributed by atoms with Crippen molar-refractivity contribution in [1.82, 2.24) is 19.3 Å². The summed E-state index contributed by atoms with van der Waals surface area (Å²) in [4.78, 5) is 25.2. The fourth-order valence-corrected chi connectivity index (χ4v) is 5.64. The molecule has 1 fully saturated rings. The Morgan fingerprint density at radius 3 is 2.60 bits per heavy atom. The van der Waals surface area contributed by atoms with Crippen LogP contribution in [0.5, 0.6) is 0 Å². The van der Waals surface area contributed by atoms with Crippen LogP contribution in [0.15, 0.2) is 48.0 Å². The Bertz CT molecular complexity index is 1340. The number of nitrogens with two attached hydrogens (primary N) is 1. The molecule has 9 heteroatoms. The molecule has 1 aliphatic rings. The van der Waals surface area contributed by atoms with Gasteiger partial charge in [-0.25, -0.2) is 14.4 Å². The Balaban J connectivity index is 1.43. The van der Waals surface area contributed by atoms with Gasteiger partial charge in [-0.15, -0.1) is 11.3 Å². The first kappa shape index (κ1) is 23.4. The summed E-state index contributed by atoms with van der Waals surface area (Å²) in [6.45, 7) is 4.18. The van der Waals surface area contributed by atoms with Gasteiger partial charge < -0.3 is 10.6 Å². The number of likely N-dealkylation sites (tertiary alicyclic amines) is 1. The van der Waals surface area contributed by atoms with Crippen molar-refractivity contribution < 1.29 is 9.18 Å². The second kappa shape index (κ2) is 9.75. The molecule has 4 aromatic rings. The monoisotopic (exact) mass is 492 g/mol. The standard InChI is InChI=1S/C26H29FN6OS/c1-3-21-25(31(2)26-30-22(16-35-26)18-4-7-20(27)8-5-18)33-14-19(6-9-24(33)29-21)17-10-12-32(13-11-17)15-23(28)34/h4-9,14,16-17H,3,10-13,15H2,1-2H3,(H2,28,34). The summed E-state index contributed by atoms with van der Waals surface area (Å²) in [5.74, 6) is 0.913. The van der Waals surface area contributed by atoms with Crippen LogP contribution >= 0.6 is 11.3 Å². The van der Waals surface area contributed by atoms with Crippen LogP contribution in [0.2, 0.25) is 0 Å². The van der Waals surface area contributed by atoms with Gasteiger partial charge in [0.2, 0.25) is 5.91 Å². The summed E-state index contributed by atoms with van der Waals surface area (Å²) < 4.78 is 15.5. The zero-order chi connectivity index (χ0) is 24.5. The second-order valence-corrected chi connectivity index (χ2v) is 9.86. The quantitative estimate of drug-likeness (QED) is 0.408. The number of imidazole rings is 1. The van der Waals surface area contributed by atoms with E-state index in [1.54, 1.807) is 23.5 Å². The molecule has 5 rings (SSSR count). The van der Waals surface area contributed by atoms with Crippen molar-refractivity contribution >= 4 is 33.8 Å². The second-order valence-electron chi connectivity index (χ2n) is 9.02. The first-order chi connectivity index (χ1) is 16.9. The number of fused-ring (bicyclic) bond motifs is 1. The Kier molecular flexibility index (Phi) is 6.53. The number of thiazole rings is 1. The third-order valence-corrected chi connectivity index (χ3v) is 7.61. The molecule has 182 valence electrons. The molecule has 1 amide bonds. The fraction of sp³-hybridized carbons (Fsp3) is 0.346. The van der Waals surface area contributed by atoms with E-state index in [-0.39, 0.29) is 11.7 Å². The molecule has 7 nitrogen and oxygen atoms in total. The number of hydrogen-bond acceptors (Lipinski definition) is 6. The molecule has 0 unspecified atom stereocenters. The van der Waals surface area contributed by atoms with Crippen LogP contribution in [0.25, 0.3) is 16.9 Å². The number of hydrogen-bond donors (Lipinski definition) is 1. The summed E-state index contributed by atoms with van der Waals surface area (Å²) >= 11 is 1.56. The van der Waals surface area contributed by atoms with Gasteiger partial charge in [0, 0.05) is 24.2 Å². The van der Waals surface area contributed by atoms with E-state index in [2.05, 4.69) is 39.5 Å². The Morgan fingerprint density at radius 1 is 1.17 bits per heavy atom. The number of nitrogens with zero attached hydrogens (tertiary/aromatic N) is 5. The van der Waals surface area contributed by atoms with Gasteiger partial charge in [-0.1, -0.05) is 13.0 Å². The third-order valence-electron chi connectivity index (χ3n) is 6.70. The average Bonchev–Trinajstić information content (AvgIpc) is 3.49. The highest BCUT2D eigenvalue weighted by molar-refractivity contribution is 7.14. The minimum Gasteiger partial charge on any atom is -0.369 e. The number of halogens is 1. The molecular weight excluding hydrogens is 463 g/mol. The van der Waals surface area contributed by atoms with E-state index in [1.807, 2.05) is 12.4 Å². The Morgan fingerprint density at radius 2 is 1.91 bits per heavy atom. The number of pyridine rings is 1. The zero-order valence-corrected chi connectivity index (χ0v) is 20.8. The third kappa shape index (κ3) is 4.78. The summed E-state index contributed by atoms with van der Waals surface area (Å²) in [6.07, 6.45) is 4.99. The van der Waals surface area contributed by atoms with Crippen molar-refractivity contribution in [2.24, 2.45) is 5.73 Å². The van der Waals surface area contributed by atoms with E-state index >= 15 is 0 Å². The number of aryl methyl sites for hydroxylation is 1. The lowest BCUT2D eigenvalue weighted by molar-refractivity contribution is -0.119. The zero-order valence-electron chi connectivity index (χ0n) is 19.9. The van der Waals surface area contributed by atoms with Gasteiger partial charge >= 0.3 is 0 Å². The van der Waals surface area contributed by atoms with Crippen molar-refractivity contribution in [3.63, 3.8) is 0 Å². The van der Waals surface area contributed by atoms with Gasteiger partial charge in [0.25, 0.3) is 0 Å². The molecule has 2 N–H and O–H groups in total. The molecule has 4 heterocycles. The molecular formula is C26H29FN6OS. The SMILES string of the molecule is CCc1nc2ccc(C3CCN(CC(N)=O)CC3)cn2c1N(C)c1nc(-c2ccc(F)cc2)cs1. The van der Waals surface area contributed by atoms with Gasteiger partial charge in [-0.2, -0.15) is 0 Å². The van der Waals surface area contributed by atoms with Crippen LogP contribution < -0.4 is 10.6 Å². The maximum Gasteiger partial charge on any atom is 0.231 e. The van der Waals surface area contributed by atoms with Gasteiger partial charge in [0.05, 0.1) is 17.9 Å². The van der Waals surface area contributed by atoms with Crippen LogP contribution in [0.4, 0.5) is 15.3 Å². The molecule has 1 aliphatic heterocycles. The maximum atomic E-state index is 13.3. The Hall–Kier alpha value is -3.30. The van der Waals surface area contributed by atoms with E-state index in [9.17, 15) is 9.18 Å². The maximum absolute atomic E-state index is 13.3. The van der Waals surface area contributed by atoms with Crippen molar-refractivity contribution in [2.45, 2.75) is 32.1 Å². The summed E-state index contributed by atoms with van der Waals surface area (Å²) in [6, 6.07) is 10.7. The van der Waals surface area contributed by atoms with Gasteiger partial charge in [0.15, 0.2) is 5.13 Å². The van der Waals surface area contributed by atoms with E-state index in [0.717, 1.165) is 65.9 Å². The van der Waals surface area contributed by atoms with Gasteiger partial charge in [-0.05, 0) is 74.2 Å². The predicted octanol–water partition coefficient (Wildman–Crippen LogP) is 4.59. The Labute approximate surface area is 208 Å². The van der Waals surface area contributed by atoms with Crippen LogP contribution in [-0.4, -0.2) is 51.9 Å². The first-order valence-electron chi connectivity index (χ1n) is 11.9. The lowest BCUT2D eigenvalue weighted by Crippen LogP contribution is -2.39. The van der Waals surface area contributed by atoms with Crippen molar-refractivity contribution in [1.29, 1.82) is 0 Å². The van der Waals surface area contributed by atoms with Crippen LogP contribution in [0, 0.1) is 5.82 Å².